The quantitative estimate of drug-likeness (QED) is 0.867. The third-order valence-electron chi connectivity index (χ3n) is 2.00. The van der Waals surface area contributed by atoms with E-state index in [0.29, 0.717) is 16.3 Å². The van der Waals surface area contributed by atoms with Gasteiger partial charge in [0.2, 0.25) is 0 Å². The Kier molecular flexibility index (Phi) is 3.53. The van der Waals surface area contributed by atoms with Gasteiger partial charge in [-0.3, -0.25) is 5.73 Å². The van der Waals surface area contributed by atoms with Gasteiger partial charge in [-0.25, -0.2) is 4.79 Å². The third-order valence-corrected chi connectivity index (χ3v) is 3.13. The summed E-state index contributed by atoms with van der Waals surface area (Å²) in [5.41, 5.74) is 5.41. The Hall–Kier alpha value is -0.580. The molecule has 76 valence electrons. The molecular formula is C9H11BrClN2O+. The molecule has 0 radical (unpaired) electrons. The van der Waals surface area contributed by atoms with Crippen LogP contribution >= 0.6 is 27.5 Å². The normalized spacial score (nSPS) is 10.1. The Morgan fingerprint density at radius 3 is 2.64 bits per heavy atom. The molecule has 0 saturated carbocycles. The highest BCUT2D eigenvalue weighted by molar-refractivity contribution is 9.10. The summed E-state index contributed by atoms with van der Waals surface area (Å²) < 4.78 is 0.813. The molecular weight excluding hydrogens is 267 g/mol. The fraction of sp³-hybridized carbons (Fsp3) is 0.222. The number of anilines is 1. The van der Waals surface area contributed by atoms with Crippen LogP contribution in [0.2, 0.25) is 5.02 Å². The molecule has 1 aromatic carbocycles. The molecule has 0 spiro atoms. The number of carbonyl (C=O) groups is 1. The van der Waals surface area contributed by atoms with Gasteiger partial charge < -0.3 is 5.32 Å². The van der Waals surface area contributed by atoms with Gasteiger partial charge in [0, 0.05) is 11.5 Å². The summed E-state index contributed by atoms with van der Waals surface area (Å²) in [5, 5.41) is 3.41. The van der Waals surface area contributed by atoms with Crippen molar-refractivity contribution in [2.45, 2.75) is 6.92 Å². The molecule has 0 saturated heterocycles. The Morgan fingerprint density at radius 1 is 1.64 bits per heavy atom. The zero-order valence-corrected chi connectivity index (χ0v) is 10.3. The molecule has 14 heavy (non-hydrogen) atoms. The summed E-state index contributed by atoms with van der Waals surface area (Å²) in [6, 6.07) is 1.76. The molecule has 0 heterocycles. The molecule has 0 aliphatic rings. The minimum absolute atomic E-state index is 0.241. The van der Waals surface area contributed by atoms with Gasteiger partial charge >= 0.3 is 5.91 Å². The molecule has 0 aliphatic heterocycles. The first-order chi connectivity index (χ1) is 6.49. The number of hydrogen-bond donors (Lipinski definition) is 2. The van der Waals surface area contributed by atoms with Crippen molar-refractivity contribution in [1.29, 1.82) is 0 Å². The average molecular weight is 279 g/mol. The predicted molar refractivity (Wildman–Crippen MR) is 60.7 cm³/mol. The largest absolute Gasteiger partial charge is 0.386 e. The molecule has 0 aromatic heterocycles. The van der Waals surface area contributed by atoms with Gasteiger partial charge in [0.15, 0.2) is 0 Å². The van der Waals surface area contributed by atoms with E-state index in [-0.39, 0.29) is 5.91 Å². The van der Waals surface area contributed by atoms with Gasteiger partial charge in [-0.05, 0) is 18.6 Å². The Bertz CT molecular complexity index is 393. The molecule has 5 heteroatoms. The molecule has 0 bridgehead atoms. The highest BCUT2D eigenvalue weighted by Gasteiger charge is 2.18. The summed E-state index contributed by atoms with van der Waals surface area (Å²) in [6.07, 6.45) is 0. The lowest BCUT2D eigenvalue weighted by molar-refractivity contribution is -0.255. The smallest absolute Gasteiger partial charge is 0.343 e. The second kappa shape index (κ2) is 4.29. The zero-order valence-electron chi connectivity index (χ0n) is 7.95. The standard InChI is InChI=1S/C9H10BrClN2O/c1-4-5(10)3-6(11)8(13-2)7(4)9(12)14/h3,13H,1-2H3,(H2,12,14)/p+1. The van der Waals surface area contributed by atoms with Crippen LogP contribution in [0.15, 0.2) is 10.5 Å². The molecule has 1 aromatic rings. The lowest BCUT2D eigenvalue weighted by atomic mass is 10.1. The van der Waals surface area contributed by atoms with Gasteiger partial charge in [-0.1, -0.05) is 27.5 Å². The lowest BCUT2D eigenvalue weighted by Gasteiger charge is -2.11. The van der Waals surface area contributed by atoms with E-state index in [1.165, 1.54) is 0 Å². The van der Waals surface area contributed by atoms with Crippen LogP contribution in [0.3, 0.4) is 0 Å². The molecule has 0 fully saturated rings. The number of nitrogens with one attached hydrogen (secondary N) is 1. The van der Waals surface area contributed by atoms with Crippen LogP contribution in [-0.2, 0) is 0 Å². The summed E-state index contributed by atoms with van der Waals surface area (Å²) in [6.45, 7) is 1.85. The number of halogens is 2. The van der Waals surface area contributed by atoms with E-state index in [0.717, 1.165) is 10.0 Å². The molecule has 4 N–H and O–H groups in total. The van der Waals surface area contributed by atoms with Crippen LogP contribution in [0.5, 0.6) is 0 Å². The van der Waals surface area contributed by atoms with E-state index < -0.39 is 0 Å². The van der Waals surface area contributed by atoms with Crippen molar-refractivity contribution in [2.24, 2.45) is 0 Å². The van der Waals surface area contributed by atoms with Crippen molar-refractivity contribution in [3.63, 3.8) is 0 Å². The minimum Gasteiger partial charge on any atom is -0.386 e. The summed E-state index contributed by atoms with van der Waals surface area (Å²) in [4.78, 5) is 11.3. The Balaban J connectivity index is 3.56. The van der Waals surface area contributed by atoms with Crippen LogP contribution in [0.25, 0.3) is 0 Å². The first kappa shape index (κ1) is 11.5. The van der Waals surface area contributed by atoms with Crippen LogP contribution in [-0.4, -0.2) is 13.0 Å². The van der Waals surface area contributed by atoms with Gasteiger partial charge in [0.25, 0.3) is 0 Å². The number of carbonyl (C=O) groups excluding carboxylic acids is 1. The van der Waals surface area contributed by atoms with E-state index in [4.69, 9.17) is 11.6 Å². The van der Waals surface area contributed by atoms with E-state index in [1.807, 2.05) is 6.92 Å². The Morgan fingerprint density at radius 2 is 2.21 bits per heavy atom. The van der Waals surface area contributed by atoms with E-state index in [9.17, 15) is 4.79 Å². The van der Waals surface area contributed by atoms with Gasteiger partial charge in [-0.15, -0.1) is 0 Å². The summed E-state index contributed by atoms with van der Waals surface area (Å²) in [5.74, 6) is -0.241. The van der Waals surface area contributed by atoms with Gasteiger partial charge in [-0.2, -0.15) is 0 Å². The van der Waals surface area contributed by atoms with Crippen molar-refractivity contribution in [1.82, 2.24) is 0 Å². The highest BCUT2D eigenvalue weighted by atomic mass is 79.9. The summed E-state index contributed by atoms with van der Waals surface area (Å²) >= 11 is 9.31. The Labute approximate surface area is 95.7 Å². The van der Waals surface area contributed by atoms with E-state index in [1.54, 1.807) is 13.1 Å². The fourth-order valence-electron chi connectivity index (χ4n) is 1.31. The molecule has 0 atom stereocenters. The van der Waals surface area contributed by atoms with Crippen molar-refractivity contribution in [2.75, 3.05) is 12.4 Å². The van der Waals surface area contributed by atoms with Crippen molar-refractivity contribution >= 4 is 39.1 Å². The van der Waals surface area contributed by atoms with E-state index >= 15 is 0 Å². The van der Waals surface area contributed by atoms with Crippen molar-refractivity contribution in [3.8, 4) is 0 Å². The summed E-state index contributed by atoms with van der Waals surface area (Å²) in [7, 11) is 1.72. The maximum Gasteiger partial charge on any atom is 0.343 e. The molecule has 3 nitrogen and oxygen atoms in total. The van der Waals surface area contributed by atoms with Gasteiger partial charge in [0.1, 0.15) is 5.56 Å². The fourth-order valence-corrected chi connectivity index (χ4v) is 2.17. The van der Waals surface area contributed by atoms with Crippen molar-refractivity contribution in [3.05, 3.63) is 26.7 Å². The monoisotopic (exact) mass is 277 g/mol. The molecule has 1 rings (SSSR count). The van der Waals surface area contributed by atoms with Crippen LogP contribution < -0.4 is 11.1 Å². The van der Waals surface area contributed by atoms with Crippen molar-refractivity contribution < 1.29 is 10.5 Å². The van der Waals surface area contributed by atoms with Crippen LogP contribution in [0.1, 0.15) is 15.9 Å². The maximum absolute atomic E-state index is 11.3. The van der Waals surface area contributed by atoms with Gasteiger partial charge in [0.05, 0.1) is 10.7 Å². The van der Waals surface area contributed by atoms with Crippen LogP contribution in [0.4, 0.5) is 5.69 Å². The topological polar surface area (TPSA) is 56.7 Å². The number of benzene rings is 1. The third kappa shape index (κ3) is 1.92. The highest BCUT2D eigenvalue weighted by Crippen LogP contribution is 2.33. The lowest BCUT2D eigenvalue weighted by Crippen LogP contribution is -2.57. The first-order valence-electron chi connectivity index (χ1n) is 4.01. The predicted octanol–water partition coefficient (Wildman–Crippen LogP) is 1.83. The number of quaternary nitrogens is 1. The maximum atomic E-state index is 11.3. The first-order valence-corrected chi connectivity index (χ1v) is 5.18. The molecule has 1 amide bonds. The van der Waals surface area contributed by atoms with Crippen LogP contribution in [0, 0.1) is 6.92 Å². The molecule has 0 aliphatic carbocycles. The number of amides is 1. The minimum atomic E-state index is -0.241. The second-order valence-corrected chi connectivity index (χ2v) is 4.15. The SMILES string of the molecule is CNc1c(Cl)cc(Br)c(C)c1C([NH3+])=O. The number of rotatable bonds is 2. The average Bonchev–Trinajstić information content (AvgIpc) is 2.10. The second-order valence-electron chi connectivity index (χ2n) is 2.89. The molecule has 0 unspecified atom stereocenters. The van der Waals surface area contributed by atoms with E-state index in [2.05, 4.69) is 27.0 Å². The number of hydrogen-bond acceptors (Lipinski definition) is 2. The zero-order chi connectivity index (χ0) is 10.9.